The molecule has 5 rings (SSSR count). The molecule has 0 unspecified atom stereocenters. The van der Waals surface area contributed by atoms with Gasteiger partial charge in [0.2, 0.25) is 0 Å². The molecule has 1 N–H and O–H groups in total. The summed E-state index contributed by atoms with van der Waals surface area (Å²) in [7, 11) is -4.78. The number of aliphatic carboxylic acids is 1. The topological polar surface area (TPSA) is 96.8 Å². The molecule has 0 aliphatic heterocycles. The van der Waals surface area contributed by atoms with Crippen LogP contribution in [0.3, 0.4) is 0 Å². The maximum atomic E-state index is 14.0. The first-order chi connectivity index (χ1) is 22.5. The Bertz CT molecular complexity index is 2060. The third-order valence-electron chi connectivity index (χ3n) is 7.17. The van der Waals surface area contributed by atoms with Gasteiger partial charge in [-0.05, 0) is 65.7 Å². The molecule has 5 aromatic rings. The SMILES string of the molecule is O=C(O)[C@@H](Cc1ccccc1)Oc1ccc(N(Cc2cccc3nc(C(F)(F)F)cc(Cl)c23)S(=O)(=O)c2cccc(C(F)(F)F)c2)cc1. The monoisotopic (exact) mass is 708 g/mol. The van der Waals surface area contributed by atoms with E-state index in [1.54, 1.807) is 30.3 Å². The lowest BCUT2D eigenvalue weighted by Gasteiger charge is -2.26. The minimum absolute atomic E-state index is 0.00146. The summed E-state index contributed by atoms with van der Waals surface area (Å²) in [6, 6.07) is 21.4. The Hall–Kier alpha value is -4.82. The zero-order valence-electron chi connectivity index (χ0n) is 24.3. The van der Waals surface area contributed by atoms with Gasteiger partial charge in [-0.3, -0.25) is 4.31 Å². The van der Waals surface area contributed by atoms with Gasteiger partial charge >= 0.3 is 18.3 Å². The number of carboxylic acids is 1. The van der Waals surface area contributed by atoms with E-state index in [2.05, 4.69) is 4.98 Å². The van der Waals surface area contributed by atoms with Crippen LogP contribution in [-0.2, 0) is 40.1 Å². The average Bonchev–Trinajstić information content (AvgIpc) is 3.03. The third-order valence-corrected chi connectivity index (χ3v) is 9.24. The van der Waals surface area contributed by atoms with Gasteiger partial charge in [-0.25, -0.2) is 18.2 Å². The molecule has 0 bridgehead atoms. The molecule has 0 saturated carbocycles. The quantitative estimate of drug-likeness (QED) is 0.147. The highest BCUT2D eigenvalue weighted by Gasteiger charge is 2.35. The maximum absolute atomic E-state index is 14.0. The predicted octanol–water partition coefficient (Wildman–Crippen LogP) is 8.40. The van der Waals surface area contributed by atoms with Gasteiger partial charge in [0.15, 0.2) is 6.10 Å². The molecule has 0 fully saturated rings. The van der Waals surface area contributed by atoms with Crippen molar-refractivity contribution in [2.45, 2.75) is 36.3 Å². The lowest BCUT2D eigenvalue weighted by atomic mass is 10.1. The number of pyridine rings is 1. The van der Waals surface area contributed by atoms with Crippen molar-refractivity contribution in [2.75, 3.05) is 4.31 Å². The number of alkyl halides is 6. The fourth-order valence-electron chi connectivity index (χ4n) is 4.88. The van der Waals surface area contributed by atoms with E-state index in [-0.39, 0.29) is 39.3 Å². The summed E-state index contributed by atoms with van der Waals surface area (Å²) in [5.41, 5.74) is -1.97. The van der Waals surface area contributed by atoms with Crippen molar-refractivity contribution in [1.29, 1.82) is 0 Å². The van der Waals surface area contributed by atoms with E-state index in [1.807, 2.05) is 0 Å². The Balaban J connectivity index is 1.57. The van der Waals surface area contributed by atoms with E-state index in [0.717, 1.165) is 16.4 Å². The summed E-state index contributed by atoms with van der Waals surface area (Å²) in [5.74, 6) is -1.21. The molecule has 0 saturated heterocycles. The van der Waals surface area contributed by atoms with Crippen LogP contribution in [-0.4, -0.2) is 30.6 Å². The molecule has 4 aromatic carbocycles. The van der Waals surface area contributed by atoms with Crippen molar-refractivity contribution < 1.29 is 49.4 Å². The highest BCUT2D eigenvalue weighted by Crippen LogP contribution is 2.37. The zero-order chi connectivity index (χ0) is 34.9. The average molecular weight is 709 g/mol. The van der Waals surface area contributed by atoms with Gasteiger partial charge in [0.1, 0.15) is 11.4 Å². The van der Waals surface area contributed by atoms with Crippen LogP contribution in [0.25, 0.3) is 10.9 Å². The Morgan fingerprint density at radius 3 is 2.15 bits per heavy atom. The van der Waals surface area contributed by atoms with Crippen LogP contribution in [0.4, 0.5) is 32.0 Å². The molecular formula is C33H23ClF6N2O5S. The highest BCUT2D eigenvalue weighted by molar-refractivity contribution is 7.92. The van der Waals surface area contributed by atoms with Gasteiger partial charge in [0, 0.05) is 11.8 Å². The Labute approximate surface area is 275 Å². The number of halogens is 7. The number of ether oxygens (including phenoxy) is 1. The summed E-state index contributed by atoms with van der Waals surface area (Å²) in [4.78, 5) is 14.8. The first-order valence-electron chi connectivity index (χ1n) is 13.9. The summed E-state index contributed by atoms with van der Waals surface area (Å²) in [6.45, 7) is -0.589. The lowest BCUT2D eigenvalue weighted by molar-refractivity contribution is -0.145. The Morgan fingerprint density at radius 2 is 1.52 bits per heavy atom. The van der Waals surface area contributed by atoms with Crippen LogP contribution < -0.4 is 9.04 Å². The van der Waals surface area contributed by atoms with E-state index in [1.165, 1.54) is 42.5 Å². The van der Waals surface area contributed by atoms with Crippen LogP contribution >= 0.6 is 11.6 Å². The molecule has 1 atom stereocenters. The molecule has 1 heterocycles. The smallest absolute Gasteiger partial charge is 0.433 e. The summed E-state index contributed by atoms with van der Waals surface area (Å²) >= 11 is 6.26. The number of hydrogen-bond acceptors (Lipinski definition) is 5. The van der Waals surface area contributed by atoms with Crippen LogP contribution in [0, 0.1) is 0 Å². The van der Waals surface area contributed by atoms with Crippen LogP contribution in [0.2, 0.25) is 5.02 Å². The number of sulfonamides is 1. The van der Waals surface area contributed by atoms with Gasteiger partial charge < -0.3 is 9.84 Å². The number of fused-ring (bicyclic) bond motifs is 1. The van der Waals surface area contributed by atoms with E-state index < -0.39 is 57.1 Å². The van der Waals surface area contributed by atoms with Crippen molar-refractivity contribution in [2.24, 2.45) is 0 Å². The number of nitrogens with zero attached hydrogens (tertiary/aromatic N) is 2. The number of rotatable bonds is 10. The number of benzene rings is 4. The molecule has 0 amide bonds. The second-order valence-corrected chi connectivity index (χ2v) is 12.7. The predicted molar refractivity (Wildman–Crippen MR) is 165 cm³/mol. The molecule has 0 aliphatic rings. The van der Waals surface area contributed by atoms with Crippen molar-refractivity contribution >= 4 is 44.2 Å². The minimum atomic E-state index is -4.86. The van der Waals surface area contributed by atoms with Gasteiger partial charge in [-0.15, -0.1) is 0 Å². The zero-order valence-corrected chi connectivity index (χ0v) is 25.9. The molecule has 0 radical (unpaired) electrons. The number of hydrogen-bond donors (Lipinski definition) is 1. The van der Waals surface area contributed by atoms with Gasteiger partial charge in [-0.2, -0.15) is 26.3 Å². The largest absolute Gasteiger partial charge is 0.478 e. The summed E-state index contributed by atoms with van der Waals surface area (Å²) < 4.78 is 115. The van der Waals surface area contributed by atoms with Crippen molar-refractivity contribution in [1.82, 2.24) is 4.98 Å². The second-order valence-electron chi connectivity index (χ2n) is 10.5. The van der Waals surface area contributed by atoms with Crippen molar-refractivity contribution in [3.63, 3.8) is 0 Å². The van der Waals surface area contributed by atoms with Crippen LogP contribution in [0.1, 0.15) is 22.4 Å². The Kier molecular flexibility index (Phi) is 9.60. The van der Waals surface area contributed by atoms with E-state index in [0.29, 0.717) is 23.8 Å². The molecule has 1 aromatic heterocycles. The molecule has 48 heavy (non-hydrogen) atoms. The fourth-order valence-corrected chi connectivity index (χ4v) is 6.69. The maximum Gasteiger partial charge on any atom is 0.433 e. The van der Waals surface area contributed by atoms with Crippen molar-refractivity contribution in [3.8, 4) is 5.75 Å². The Morgan fingerprint density at radius 1 is 0.854 bits per heavy atom. The normalized spacial score (nSPS) is 12.9. The molecule has 0 spiro atoms. The number of aromatic nitrogens is 1. The molecule has 0 aliphatic carbocycles. The van der Waals surface area contributed by atoms with Crippen LogP contribution in [0.15, 0.2) is 108 Å². The standard InChI is InChI=1S/C33H23ClF6N2O5S/c34-26-18-29(33(38,39)40)41-27-11-4-8-21(30(26)27)19-42(48(45,46)25-10-5-9-22(17-25)32(35,36)37)23-12-14-24(15-13-23)47-28(31(43)44)16-20-6-2-1-3-7-20/h1-15,17-18,28H,16,19H2,(H,43,44)/t28-/m1/s1. The van der Waals surface area contributed by atoms with Gasteiger partial charge in [0.25, 0.3) is 10.0 Å². The van der Waals surface area contributed by atoms with E-state index >= 15 is 0 Å². The van der Waals surface area contributed by atoms with Gasteiger partial charge in [-0.1, -0.05) is 60.1 Å². The molecular weight excluding hydrogens is 686 g/mol. The van der Waals surface area contributed by atoms with E-state index in [9.17, 15) is 44.7 Å². The fraction of sp³-hybridized carbons (Fsp3) is 0.152. The second kappa shape index (κ2) is 13.4. The number of anilines is 1. The number of carboxylic acid groups (broad SMARTS) is 1. The van der Waals surface area contributed by atoms with E-state index in [4.69, 9.17) is 16.3 Å². The first-order valence-corrected chi connectivity index (χ1v) is 15.7. The highest BCUT2D eigenvalue weighted by atomic mass is 35.5. The summed E-state index contributed by atoms with van der Waals surface area (Å²) in [6.07, 6.45) is -11.0. The minimum Gasteiger partial charge on any atom is -0.478 e. The van der Waals surface area contributed by atoms with Gasteiger partial charge in [0.05, 0.1) is 33.2 Å². The lowest BCUT2D eigenvalue weighted by Crippen LogP contribution is -2.31. The third kappa shape index (κ3) is 7.66. The first kappa shape index (κ1) is 34.5. The molecule has 7 nitrogen and oxygen atoms in total. The summed E-state index contributed by atoms with van der Waals surface area (Å²) in [5, 5.41) is 9.34. The van der Waals surface area contributed by atoms with Crippen molar-refractivity contribution in [3.05, 3.63) is 131 Å². The van der Waals surface area contributed by atoms with Crippen LogP contribution in [0.5, 0.6) is 5.75 Å². The number of carbonyl (C=O) groups is 1. The molecule has 15 heteroatoms. The molecule has 250 valence electrons.